The monoisotopic (exact) mass is 366 g/mol. The first kappa shape index (κ1) is 20.0. The van der Waals surface area contributed by atoms with E-state index in [0.29, 0.717) is 18.7 Å². The van der Waals surface area contributed by atoms with Crippen molar-refractivity contribution in [3.63, 3.8) is 0 Å². The summed E-state index contributed by atoms with van der Waals surface area (Å²) in [5.74, 6) is 2.41. The molecular weight excluding hydrogens is 346 g/mol. The number of amides is 1. The summed E-state index contributed by atoms with van der Waals surface area (Å²) in [6.45, 7) is 0.678. The van der Waals surface area contributed by atoms with Gasteiger partial charge in [0.2, 0.25) is 5.91 Å². The van der Waals surface area contributed by atoms with Gasteiger partial charge in [0.15, 0.2) is 0 Å². The molecule has 0 aromatic heterocycles. The summed E-state index contributed by atoms with van der Waals surface area (Å²) < 4.78 is 29.2. The van der Waals surface area contributed by atoms with Gasteiger partial charge < -0.3 is 15.4 Å². The summed E-state index contributed by atoms with van der Waals surface area (Å²) in [5.41, 5.74) is 0.825. The third-order valence-corrected chi connectivity index (χ3v) is 4.33. The number of hydrogen-bond acceptors (Lipinski definition) is 4. The van der Waals surface area contributed by atoms with Crippen LogP contribution in [-0.4, -0.2) is 43.0 Å². The van der Waals surface area contributed by atoms with E-state index in [2.05, 4.69) is 10.6 Å². The van der Waals surface area contributed by atoms with Gasteiger partial charge in [-0.1, -0.05) is 12.1 Å². The molecule has 2 N–H and O–H groups in total. The molecule has 2 rings (SSSR count). The third kappa shape index (κ3) is 7.85. The van der Waals surface area contributed by atoms with Crippen molar-refractivity contribution in [2.24, 2.45) is 0 Å². The van der Waals surface area contributed by atoms with E-state index >= 15 is 0 Å². The Bertz CT molecular complexity index is 488. The lowest BCUT2D eigenvalue weighted by molar-refractivity contribution is -0.121. The van der Waals surface area contributed by atoms with Crippen LogP contribution in [0.4, 0.5) is 8.78 Å². The molecule has 1 aromatic carbocycles. The topological polar surface area (TPSA) is 50.4 Å². The highest BCUT2D eigenvalue weighted by Gasteiger charge is 2.16. The summed E-state index contributed by atoms with van der Waals surface area (Å²) in [7, 11) is 0. The van der Waals surface area contributed by atoms with E-state index in [1.807, 2.05) is 17.8 Å². The second-order valence-corrected chi connectivity index (χ2v) is 6.21. The van der Waals surface area contributed by atoms with Crippen molar-refractivity contribution < 1.29 is 18.3 Å². The van der Waals surface area contributed by atoms with E-state index in [1.54, 1.807) is 18.2 Å². The molecular formula is C15H21ClF2N2O2S. The number of nitrogens with one attached hydrogen (secondary N) is 2. The average molecular weight is 367 g/mol. The molecule has 0 bridgehead atoms. The first-order valence-electron chi connectivity index (χ1n) is 7.21. The van der Waals surface area contributed by atoms with Crippen LogP contribution < -0.4 is 15.4 Å². The van der Waals surface area contributed by atoms with Crippen molar-refractivity contribution in [1.29, 1.82) is 0 Å². The van der Waals surface area contributed by atoms with Crippen LogP contribution in [0.15, 0.2) is 24.3 Å². The number of rotatable bonds is 7. The standard InChI is InChI=1S/C15H20F2N2O2S.ClH/c16-14(17)9-21-13-3-1-2-11(6-13)8-19-15(20)7-12-10-22-5-4-18-12;/h1-3,6,12,14,18H,4-5,7-10H2,(H,19,20);1H. The summed E-state index contributed by atoms with van der Waals surface area (Å²) in [6.07, 6.45) is -2.04. The largest absolute Gasteiger partial charge is 0.488 e. The molecule has 1 atom stereocenters. The minimum atomic E-state index is -2.50. The predicted octanol–water partition coefficient (Wildman–Crippen LogP) is 2.46. The van der Waals surface area contributed by atoms with Crippen LogP contribution in [0.3, 0.4) is 0 Å². The van der Waals surface area contributed by atoms with Gasteiger partial charge in [-0.2, -0.15) is 11.8 Å². The van der Waals surface area contributed by atoms with Crippen LogP contribution in [-0.2, 0) is 11.3 Å². The Morgan fingerprint density at radius 1 is 1.48 bits per heavy atom. The molecule has 0 radical (unpaired) electrons. The van der Waals surface area contributed by atoms with Crippen LogP contribution in [0, 0.1) is 0 Å². The van der Waals surface area contributed by atoms with Crippen LogP contribution in [0.25, 0.3) is 0 Å². The normalized spacial score (nSPS) is 17.4. The lowest BCUT2D eigenvalue weighted by Gasteiger charge is -2.22. The number of carbonyl (C=O) groups is 1. The van der Waals surface area contributed by atoms with Crippen LogP contribution in [0.5, 0.6) is 5.75 Å². The van der Waals surface area contributed by atoms with Crippen molar-refractivity contribution in [3.05, 3.63) is 29.8 Å². The number of carbonyl (C=O) groups excluding carboxylic acids is 1. The third-order valence-electron chi connectivity index (χ3n) is 3.19. The Kier molecular flexibility index (Phi) is 9.28. The minimum absolute atomic E-state index is 0. The fraction of sp³-hybridized carbons (Fsp3) is 0.533. The molecule has 0 spiro atoms. The van der Waals surface area contributed by atoms with E-state index in [0.717, 1.165) is 23.6 Å². The Morgan fingerprint density at radius 3 is 3.00 bits per heavy atom. The Hall–Kier alpha value is -1.05. The van der Waals surface area contributed by atoms with Gasteiger partial charge in [0.05, 0.1) is 0 Å². The zero-order valence-electron chi connectivity index (χ0n) is 12.6. The molecule has 1 heterocycles. The molecule has 1 saturated heterocycles. The second-order valence-electron chi connectivity index (χ2n) is 5.06. The maximum Gasteiger partial charge on any atom is 0.272 e. The molecule has 1 aliphatic heterocycles. The van der Waals surface area contributed by atoms with Gasteiger partial charge in [-0.25, -0.2) is 8.78 Å². The smallest absolute Gasteiger partial charge is 0.272 e. The molecule has 0 aliphatic carbocycles. The van der Waals surface area contributed by atoms with Gasteiger partial charge in [-0.3, -0.25) is 4.79 Å². The van der Waals surface area contributed by atoms with Gasteiger partial charge in [-0.15, -0.1) is 12.4 Å². The lowest BCUT2D eigenvalue weighted by atomic mass is 10.2. The van der Waals surface area contributed by atoms with Crippen molar-refractivity contribution in [1.82, 2.24) is 10.6 Å². The molecule has 1 amide bonds. The maximum absolute atomic E-state index is 12.1. The summed E-state index contributed by atoms with van der Waals surface area (Å²) in [4.78, 5) is 11.9. The number of alkyl halides is 2. The first-order valence-corrected chi connectivity index (χ1v) is 8.36. The molecule has 1 aromatic rings. The number of benzene rings is 1. The number of ether oxygens (including phenoxy) is 1. The van der Waals surface area contributed by atoms with Crippen LogP contribution in [0.1, 0.15) is 12.0 Å². The highest BCUT2D eigenvalue weighted by Crippen LogP contribution is 2.14. The van der Waals surface area contributed by atoms with Gasteiger partial charge in [0, 0.05) is 37.1 Å². The molecule has 1 fully saturated rings. The number of halogens is 3. The zero-order valence-corrected chi connectivity index (χ0v) is 14.2. The van der Waals surface area contributed by atoms with E-state index in [1.165, 1.54) is 0 Å². The second kappa shape index (κ2) is 10.7. The molecule has 4 nitrogen and oxygen atoms in total. The van der Waals surface area contributed by atoms with Crippen molar-refractivity contribution >= 4 is 30.1 Å². The zero-order chi connectivity index (χ0) is 15.8. The van der Waals surface area contributed by atoms with Gasteiger partial charge in [-0.05, 0) is 17.7 Å². The van der Waals surface area contributed by atoms with E-state index < -0.39 is 13.0 Å². The molecule has 8 heteroatoms. The first-order chi connectivity index (χ1) is 10.6. The van der Waals surface area contributed by atoms with Crippen LogP contribution >= 0.6 is 24.2 Å². The highest BCUT2D eigenvalue weighted by atomic mass is 35.5. The fourth-order valence-corrected chi connectivity index (χ4v) is 3.10. The molecule has 1 unspecified atom stereocenters. The average Bonchev–Trinajstić information content (AvgIpc) is 2.52. The van der Waals surface area contributed by atoms with Crippen molar-refractivity contribution in [3.8, 4) is 5.75 Å². The summed E-state index contributed by atoms with van der Waals surface area (Å²) in [6, 6.07) is 7.06. The summed E-state index contributed by atoms with van der Waals surface area (Å²) in [5, 5.41) is 6.16. The highest BCUT2D eigenvalue weighted by molar-refractivity contribution is 7.99. The van der Waals surface area contributed by atoms with Gasteiger partial charge >= 0.3 is 0 Å². The Labute approximate surface area is 145 Å². The lowest BCUT2D eigenvalue weighted by Crippen LogP contribution is -2.41. The maximum atomic E-state index is 12.1. The van der Waals surface area contributed by atoms with Crippen molar-refractivity contribution in [2.45, 2.75) is 25.4 Å². The van der Waals surface area contributed by atoms with E-state index in [4.69, 9.17) is 4.74 Å². The van der Waals surface area contributed by atoms with Gasteiger partial charge in [0.1, 0.15) is 12.4 Å². The van der Waals surface area contributed by atoms with E-state index in [-0.39, 0.29) is 24.4 Å². The molecule has 23 heavy (non-hydrogen) atoms. The Balaban J connectivity index is 0.00000264. The molecule has 0 saturated carbocycles. The molecule has 130 valence electrons. The van der Waals surface area contributed by atoms with E-state index in [9.17, 15) is 13.6 Å². The number of thioether (sulfide) groups is 1. The molecule has 1 aliphatic rings. The number of hydrogen-bond donors (Lipinski definition) is 2. The SMILES string of the molecule is Cl.O=C(CC1CSCCN1)NCc1cccc(OCC(F)F)c1. The Morgan fingerprint density at radius 2 is 2.30 bits per heavy atom. The fourth-order valence-electron chi connectivity index (χ4n) is 2.15. The van der Waals surface area contributed by atoms with Crippen molar-refractivity contribution in [2.75, 3.05) is 24.7 Å². The minimum Gasteiger partial charge on any atom is -0.488 e. The summed E-state index contributed by atoms with van der Waals surface area (Å²) >= 11 is 1.85. The quantitative estimate of drug-likeness (QED) is 0.778. The van der Waals surface area contributed by atoms with Gasteiger partial charge in [0.25, 0.3) is 6.43 Å². The van der Waals surface area contributed by atoms with Crippen LogP contribution in [0.2, 0.25) is 0 Å². The predicted molar refractivity (Wildman–Crippen MR) is 90.8 cm³/mol.